The monoisotopic (exact) mass is 257 g/mol. The Labute approximate surface area is 106 Å². The molecule has 1 saturated heterocycles. The normalized spacial score (nSPS) is 20.5. The molecule has 1 atom stereocenters. The molecule has 1 aromatic rings. The molecule has 0 radical (unpaired) electrons. The number of hydrogen-bond donors (Lipinski definition) is 1. The number of hydrogen-bond acceptors (Lipinski definition) is 2. The van der Waals surface area contributed by atoms with Gasteiger partial charge in [0.2, 0.25) is 0 Å². The lowest BCUT2D eigenvalue weighted by molar-refractivity contribution is 0.0782. The molecule has 94 valence electrons. The average molecular weight is 258 g/mol. The van der Waals surface area contributed by atoms with Crippen molar-refractivity contribution < 1.29 is 9.13 Å². The Hall–Kier alpha value is -0.640. The second-order valence-corrected chi connectivity index (χ2v) is 4.82. The van der Waals surface area contributed by atoms with Crippen LogP contribution in [0.25, 0.3) is 0 Å². The van der Waals surface area contributed by atoms with Crippen molar-refractivity contribution in [1.82, 2.24) is 5.32 Å². The zero-order chi connectivity index (χ0) is 12.1. The predicted molar refractivity (Wildman–Crippen MR) is 66.7 cm³/mol. The topological polar surface area (TPSA) is 21.3 Å². The molecule has 0 bridgehead atoms. The molecular formula is C13H17ClFNO. The molecular weight excluding hydrogens is 241 g/mol. The summed E-state index contributed by atoms with van der Waals surface area (Å²) >= 11 is 5.85. The van der Waals surface area contributed by atoms with E-state index in [0.29, 0.717) is 19.1 Å². The third kappa shape index (κ3) is 3.66. The van der Waals surface area contributed by atoms with Gasteiger partial charge in [-0.2, -0.15) is 0 Å². The van der Waals surface area contributed by atoms with Crippen molar-refractivity contribution in [1.29, 1.82) is 0 Å². The Kier molecular flexibility index (Phi) is 4.77. The van der Waals surface area contributed by atoms with Crippen LogP contribution in [0.2, 0.25) is 5.02 Å². The van der Waals surface area contributed by atoms with Crippen molar-refractivity contribution in [2.45, 2.75) is 19.4 Å². The van der Waals surface area contributed by atoms with Gasteiger partial charge in [0.25, 0.3) is 0 Å². The van der Waals surface area contributed by atoms with Gasteiger partial charge in [-0.3, -0.25) is 0 Å². The second-order valence-electron chi connectivity index (χ2n) is 4.44. The van der Waals surface area contributed by atoms with Crippen molar-refractivity contribution in [3.05, 3.63) is 34.6 Å². The third-order valence-electron chi connectivity index (χ3n) is 3.04. The molecule has 0 saturated carbocycles. The summed E-state index contributed by atoms with van der Waals surface area (Å²) in [5, 5.41) is 3.51. The fraction of sp³-hybridized carbons (Fsp3) is 0.538. The minimum absolute atomic E-state index is 0.175. The fourth-order valence-corrected chi connectivity index (χ4v) is 2.24. The summed E-state index contributed by atoms with van der Waals surface area (Å²) in [4.78, 5) is 0. The van der Waals surface area contributed by atoms with Crippen LogP contribution in [-0.2, 0) is 11.3 Å². The van der Waals surface area contributed by atoms with Gasteiger partial charge in [-0.05, 0) is 36.9 Å². The Morgan fingerprint density at radius 1 is 1.47 bits per heavy atom. The van der Waals surface area contributed by atoms with Crippen LogP contribution in [0.1, 0.15) is 18.4 Å². The Morgan fingerprint density at radius 2 is 2.35 bits per heavy atom. The van der Waals surface area contributed by atoms with Gasteiger partial charge in [0, 0.05) is 6.54 Å². The lowest BCUT2D eigenvalue weighted by atomic mass is 10.0. The maximum absolute atomic E-state index is 13.2. The van der Waals surface area contributed by atoms with E-state index in [1.54, 1.807) is 12.1 Å². The number of rotatable bonds is 4. The van der Waals surface area contributed by atoms with Crippen LogP contribution >= 0.6 is 11.6 Å². The van der Waals surface area contributed by atoms with Crippen LogP contribution in [-0.4, -0.2) is 19.7 Å². The molecule has 0 aromatic heterocycles. The number of benzene rings is 1. The van der Waals surface area contributed by atoms with E-state index in [0.717, 1.165) is 18.7 Å². The van der Waals surface area contributed by atoms with Crippen LogP contribution in [0.5, 0.6) is 0 Å². The van der Waals surface area contributed by atoms with E-state index in [1.165, 1.54) is 18.9 Å². The van der Waals surface area contributed by atoms with E-state index in [2.05, 4.69) is 5.32 Å². The summed E-state index contributed by atoms with van der Waals surface area (Å²) in [6.07, 6.45) is 2.40. The molecule has 1 aliphatic rings. The largest absolute Gasteiger partial charge is 0.376 e. The maximum atomic E-state index is 13.2. The number of ether oxygens (including phenoxy) is 1. The van der Waals surface area contributed by atoms with Crippen LogP contribution < -0.4 is 5.32 Å². The highest BCUT2D eigenvalue weighted by atomic mass is 35.5. The molecule has 2 nitrogen and oxygen atoms in total. The highest BCUT2D eigenvalue weighted by Crippen LogP contribution is 2.20. The molecule has 1 N–H and O–H groups in total. The fourth-order valence-electron chi connectivity index (χ4n) is 2.06. The number of piperidine rings is 1. The van der Waals surface area contributed by atoms with E-state index >= 15 is 0 Å². The first-order chi connectivity index (χ1) is 8.27. The summed E-state index contributed by atoms with van der Waals surface area (Å²) in [5.41, 5.74) is 0.718. The standard InChI is InChI=1S/C13H17ClFNO/c14-13-11(4-1-5-12(13)15)9-17-8-10-3-2-6-16-7-10/h1,4-5,10,16H,2-3,6-9H2. The van der Waals surface area contributed by atoms with Crippen molar-refractivity contribution in [3.8, 4) is 0 Å². The van der Waals surface area contributed by atoms with Crippen molar-refractivity contribution in [3.63, 3.8) is 0 Å². The molecule has 1 aliphatic heterocycles. The summed E-state index contributed by atoms with van der Waals surface area (Å²) in [6.45, 7) is 3.20. The lowest BCUT2D eigenvalue weighted by Gasteiger charge is -2.22. The summed E-state index contributed by atoms with van der Waals surface area (Å²) in [7, 11) is 0. The van der Waals surface area contributed by atoms with E-state index < -0.39 is 0 Å². The maximum Gasteiger partial charge on any atom is 0.142 e. The summed E-state index contributed by atoms with van der Waals surface area (Å²) < 4.78 is 18.8. The highest BCUT2D eigenvalue weighted by Gasteiger charge is 2.13. The quantitative estimate of drug-likeness (QED) is 0.895. The SMILES string of the molecule is Fc1cccc(COCC2CCCNC2)c1Cl. The second kappa shape index (κ2) is 6.34. The Balaban J connectivity index is 1.79. The molecule has 1 unspecified atom stereocenters. The Morgan fingerprint density at radius 3 is 3.12 bits per heavy atom. The first-order valence-corrected chi connectivity index (χ1v) is 6.36. The van der Waals surface area contributed by atoms with Gasteiger partial charge in [-0.1, -0.05) is 23.7 Å². The molecule has 0 amide bonds. The minimum Gasteiger partial charge on any atom is -0.376 e. The van der Waals surface area contributed by atoms with Gasteiger partial charge in [0.1, 0.15) is 5.82 Å². The van der Waals surface area contributed by atoms with Crippen LogP contribution in [0.15, 0.2) is 18.2 Å². The summed E-state index contributed by atoms with van der Waals surface area (Å²) in [6, 6.07) is 4.81. The minimum atomic E-state index is -0.382. The van der Waals surface area contributed by atoms with Gasteiger partial charge in [-0.15, -0.1) is 0 Å². The van der Waals surface area contributed by atoms with E-state index in [-0.39, 0.29) is 10.8 Å². The first kappa shape index (κ1) is 12.8. The van der Waals surface area contributed by atoms with Gasteiger partial charge < -0.3 is 10.1 Å². The molecule has 1 aromatic carbocycles. The first-order valence-electron chi connectivity index (χ1n) is 5.98. The molecule has 1 heterocycles. The average Bonchev–Trinajstić information content (AvgIpc) is 2.36. The third-order valence-corrected chi connectivity index (χ3v) is 3.46. The van der Waals surface area contributed by atoms with Gasteiger partial charge in [0.15, 0.2) is 0 Å². The smallest absolute Gasteiger partial charge is 0.142 e. The number of nitrogens with one attached hydrogen (secondary N) is 1. The number of halogens is 2. The van der Waals surface area contributed by atoms with Crippen LogP contribution in [0.3, 0.4) is 0 Å². The van der Waals surface area contributed by atoms with Crippen molar-refractivity contribution in [2.24, 2.45) is 5.92 Å². The van der Waals surface area contributed by atoms with Gasteiger partial charge in [-0.25, -0.2) is 4.39 Å². The molecule has 0 spiro atoms. The van der Waals surface area contributed by atoms with E-state index in [1.807, 2.05) is 0 Å². The molecule has 4 heteroatoms. The molecule has 0 aliphatic carbocycles. The van der Waals surface area contributed by atoms with Crippen LogP contribution in [0.4, 0.5) is 4.39 Å². The molecule has 17 heavy (non-hydrogen) atoms. The van der Waals surface area contributed by atoms with Gasteiger partial charge in [0.05, 0.1) is 18.2 Å². The lowest BCUT2D eigenvalue weighted by Crippen LogP contribution is -2.32. The van der Waals surface area contributed by atoms with Gasteiger partial charge >= 0.3 is 0 Å². The van der Waals surface area contributed by atoms with E-state index in [9.17, 15) is 4.39 Å². The van der Waals surface area contributed by atoms with E-state index in [4.69, 9.17) is 16.3 Å². The summed E-state index contributed by atoms with van der Waals surface area (Å²) in [5.74, 6) is 0.184. The zero-order valence-electron chi connectivity index (χ0n) is 9.72. The Bertz CT molecular complexity index is 366. The molecule has 1 fully saturated rings. The predicted octanol–water partition coefficient (Wildman–Crippen LogP) is 3.00. The zero-order valence-corrected chi connectivity index (χ0v) is 10.5. The van der Waals surface area contributed by atoms with Crippen molar-refractivity contribution >= 4 is 11.6 Å². The van der Waals surface area contributed by atoms with Crippen molar-refractivity contribution in [2.75, 3.05) is 19.7 Å². The molecule has 2 rings (SSSR count). The van der Waals surface area contributed by atoms with Crippen LogP contribution in [0, 0.1) is 11.7 Å². The highest BCUT2D eigenvalue weighted by molar-refractivity contribution is 6.31.